The molecule has 0 spiro atoms. The van der Waals surface area contributed by atoms with Crippen LogP contribution in [0.15, 0.2) is 42.7 Å². The molecular weight excluding hydrogens is 284 g/mol. The topological polar surface area (TPSA) is 90.9 Å². The second-order valence-corrected chi connectivity index (χ2v) is 4.67. The standard InChI is InChI=1S/C14H16N6O2/c21-6-7-22-11-19-10-13(16-18-19)14-8-15-17-20(14)9-12-4-2-1-3-5-12/h1-5,8,10,21H,6-7,9,11H2. The first kappa shape index (κ1) is 14.4. The van der Waals surface area contributed by atoms with Crippen molar-refractivity contribution in [3.63, 3.8) is 0 Å². The lowest BCUT2D eigenvalue weighted by Gasteiger charge is -2.04. The Kier molecular flexibility index (Phi) is 4.52. The molecule has 0 saturated carbocycles. The van der Waals surface area contributed by atoms with Crippen LogP contribution in [0.2, 0.25) is 0 Å². The van der Waals surface area contributed by atoms with Gasteiger partial charge in [-0.15, -0.1) is 10.2 Å². The first-order chi connectivity index (χ1) is 10.9. The van der Waals surface area contributed by atoms with Crippen molar-refractivity contribution in [2.24, 2.45) is 0 Å². The second-order valence-electron chi connectivity index (χ2n) is 4.67. The summed E-state index contributed by atoms with van der Waals surface area (Å²) in [6, 6.07) is 10.0. The molecular formula is C14H16N6O2. The normalized spacial score (nSPS) is 11.0. The second kappa shape index (κ2) is 6.92. The fourth-order valence-corrected chi connectivity index (χ4v) is 2.03. The molecule has 8 nitrogen and oxygen atoms in total. The van der Waals surface area contributed by atoms with Crippen molar-refractivity contribution in [3.8, 4) is 11.4 Å². The van der Waals surface area contributed by atoms with Gasteiger partial charge >= 0.3 is 0 Å². The Hall–Kier alpha value is -2.58. The molecule has 3 rings (SSSR count). The molecule has 0 radical (unpaired) electrons. The van der Waals surface area contributed by atoms with Crippen LogP contribution in [-0.4, -0.2) is 48.3 Å². The molecule has 0 fully saturated rings. The molecule has 22 heavy (non-hydrogen) atoms. The zero-order chi connectivity index (χ0) is 15.2. The van der Waals surface area contributed by atoms with Crippen LogP contribution in [0, 0.1) is 0 Å². The molecule has 0 saturated heterocycles. The summed E-state index contributed by atoms with van der Waals surface area (Å²) in [4.78, 5) is 0. The lowest BCUT2D eigenvalue weighted by Crippen LogP contribution is -2.06. The van der Waals surface area contributed by atoms with Crippen LogP contribution in [-0.2, 0) is 18.0 Å². The maximum Gasteiger partial charge on any atom is 0.141 e. The van der Waals surface area contributed by atoms with E-state index in [4.69, 9.17) is 9.84 Å². The fourth-order valence-electron chi connectivity index (χ4n) is 2.03. The van der Waals surface area contributed by atoms with Gasteiger partial charge in [-0.3, -0.25) is 0 Å². The van der Waals surface area contributed by atoms with E-state index in [-0.39, 0.29) is 19.9 Å². The Labute approximate surface area is 127 Å². The lowest BCUT2D eigenvalue weighted by atomic mass is 10.2. The number of benzene rings is 1. The quantitative estimate of drug-likeness (QED) is 0.641. The molecule has 3 aromatic rings. The molecule has 8 heteroatoms. The van der Waals surface area contributed by atoms with E-state index >= 15 is 0 Å². The summed E-state index contributed by atoms with van der Waals surface area (Å²) in [6.07, 6.45) is 3.42. The molecule has 0 aliphatic carbocycles. The predicted molar refractivity (Wildman–Crippen MR) is 77.6 cm³/mol. The monoisotopic (exact) mass is 300 g/mol. The highest BCUT2D eigenvalue weighted by atomic mass is 16.5. The van der Waals surface area contributed by atoms with E-state index in [0.29, 0.717) is 12.2 Å². The first-order valence-electron chi connectivity index (χ1n) is 6.88. The SMILES string of the molecule is OCCOCn1cc(-c2cnnn2Cc2ccccc2)nn1. The van der Waals surface area contributed by atoms with Crippen LogP contribution in [0.25, 0.3) is 11.4 Å². The molecule has 0 amide bonds. The van der Waals surface area contributed by atoms with Crippen molar-refractivity contribution in [1.82, 2.24) is 30.0 Å². The molecule has 0 aliphatic heterocycles. The number of rotatable bonds is 7. The van der Waals surface area contributed by atoms with Gasteiger partial charge in [-0.1, -0.05) is 40.8 Å². The molecule has 0 atom stereocenters. The number of nitrogens with zero attached hydrogens (tertiary/aromatic N) is 6. The minimum atomic E-state index is -0.0185. The van der Waals surface area contributed by atoms with Crippen molar-refractivity contribution in [3.05, 3.63) is 48.3 Å². The number of hydrogen-bond donors (Lipinski definition) is 1. The summed E-state index contributed by atoms with van der Waals surface area (Å²) < 4.78 is 8.53. The Morgan fingerprint density at radius 1 is 1.14 bits per heavy atom. The number of aliphatic hydroxyl groups excluding tert-OH is 1. The first-order valence-corrected chi connectivity index (χ1v) is 6.88. The summed E-state index contributed by atoms with van der Waals surface area (Å²) in [5.41, 5.74) is 2.60. The summed E-state index contributed by atoms with van der Waals surface area (Å²) in [6.45, 7) is 1.11. The van der Waals surface area contributed by atoms with Gasteiger partial charge in [0.2, 0.25) is 0 Å². The maximum atomic E-state index is 8.69. The van der Waals surface area contributed by atoms with E-state index in [0.717, 1.165) is 11.3 Å². The predicted octanol–water partition coefficient (Wildman–Crippen LogP) is 0.551. The van der Waals surface area contributed by atoms with Gasteiger partial charge in [0.15, 0.2) is 0 Å². The van der Waals surface area contributed by atoms with Crippen molar-refractivity contribution < 1.29 is 9.84 Å². The molecule has 2 heterocycles. The molecule has 1 N–H and O–H groups in total. The van der Waals surface area contributed by atoms with Crippen LogP contribution in [0.4, 0.5) is 0 Å². The largest absolute Gasteiger partial charge is 0.394 e. The molecule has 0 unspecified atom stereocenters. The highest BCUT2D eigenvalue weighted by Gasteiger charge is 2.11. The molecule has 0 aliphatic rings. The third-order valence-electron chi connectivity index (χ3n) is 3.05. The van der Waals surface area contributed by atoms with E-state index in [2.05, 4.69) is 20.6 Å². The molecule has 0 bridgehead atoms. The number of aromatic nitrogens is 6. The highest BCUT2D eigenvalue weighted by molar-refractivity contribution is 5.51. The number of hydrogen-bond acceptors (Lipinski definition) is 6. The molecule has 1 aromatic carbocycles. The summed E-state index contributed by atoms with van der Waals surface area (Å²) in [5, 5.41) is 24.8. The Balaban J connectivity index is 1.74. The highest BCUT2D eigenvalue weighted by Crippen LogP contribution is 2.15. The van der Waals surface area contributed by atoms with Crippen molar-refractivity contribution in [2.45, 2.75) is 13.3 Å². The van der Waals surface area contributed by atoms with Gasteiger partial charge in [0.25, 0.3) is 0 Å². The smallest absolute Gasteiger partial charge is 0.141 e. The van der Waals surface area contributed by atoms with Crippen LogP contribution in [0.3, 0.4) is 0 Å². The van der Waals surface area contributed by atoms with E-state index in [1.165, 1.54) is 0 Å². The van der Waals surface area contributed by atoms with E-state index in [9.17, 15) is 0 Å². The molecule has 114 valence electrons. The van der Waals surface area contributed by atoms with Crippen LogP contribution >= 0.6 is 0 Å². The third-order valence-corrected chi connectivity index (χ3v) is 3.05. The van der Waals surface area contributed by atoms with Crippen molar-refractivity contribution in [2.75, 3.05) is 13.2 Å². The third kappa shape index (κ3) is 3.35. The van der Waals surface area contributed by atoms with E-state index in [1.54, 1.807) is 21.8 Å². The average molecular weight is 300 g/mol. The molecule has 2 aromatic heterocycles. The van der Waals surface area contributed by atoms with Crippen LogP contribution < -0.4 is 0 Å². The average Bonchev–Trinajstić information content (AvgIpc) is 3.18. The van der Waals surface area contributed by atoms with Gasteiger partial charge in [-0.25, -0.2) is 9.36 Å². The summed E-state index contributed by atoms with van der Waals surface area (Å²) in [7, 11) is 0. The van der Waals surface area contributed by atoms with E-state index < -0.39 is 0 Å². The lowest BCUT2D eigenvalue weighted by molar-refractivity contribution is 0.0410. The minimum absolute atomic E-state index is 0.0185. The fraction of sp³-hybridized carbons (Fsp3) is 0.286. The van der Waals surface area contributed by atoms with Gasteiger partial charge in [0.05, 0.1) is 32.2 Å². The van der Waals surface area contributed by atoms with Crippen LogP contribution in [0.1, 0.15) is 5.56 Å². The van der Waals surface area contributed by atoms with Crippen molar-refractivity contribution >= 4 is 0 Å². The zero-order valence-corrected chi connectivity index (χ0v) is 11.9. The maximum absolute atomic E-state index is 8.69. The van der Waals surface area contributed by atoms with Crippen LogP contribution in [0.5, 0.6) is 0 Å². The summed E-state index contributed by atoms with van der Waals surface area (Å²) >= 11 is 0. The minimum Gasteiger partial charge on any atom is -0.394 e. The van der Waals surface area contributed by atoms with Gasteiger partial charge < -0.3 is 9.84 Å². The van der Waals surface area contributed by atoms with E-state index in [1.807, 2.05) is 30.3 Å². The van der Waals surface area contributed by atoms with Gasteiger partial charge in [-0.2, -0.15) is 0 Å². The van der Waals surface area contributed by atoms with Gasteiger partial charge in [0.1, 0.15) is 18.1 Å². The van der Waals surface area contributed by atoms with Crippen molar-refractivity contribution in [1.29, 1.82) is 0 Å². The van der Waals surface area contributed by atoms with Gasteiger partial charge in [-0.05, 0) is 5.56 Å². The Morgan fingerprint density at radius 2 is 2.00 bits per heavy atom. The Morgan fingerprint density at radius 3 is 2.82 bits per heavy atom. The Bertz CT molecular complexity index is 709. The number of ether oxygens (including phenoxy) is 1. The number of aliphatic hydroxyl groups is 1. The van der Waals surface area contributed by atoms with Gasteiger partial charge in [0, 0.05) is 0 Å². The zero-order valence-electron chi connectivity index (χ0n) is 11.9. The summed E-state index contributed by atoms with van der Waals surface area (Å²) in [5.74, 6) is 0.